The smallest absolute Gasteiger partial charge is 0.313 e. The van der Waals surface area contributed by atoms with E-state index in [2.05, 4.69) is 0 Å². The lowest BCUT2D eigenvalue weighted by molar-refractivity contribution is -0.133. The van der Waals surface area contributed by atoms with Gasteiger partial charge in [-0.15, -0.1) is 11.8 Å². The maximum Gasteiger partial charge on any atom is 0.313 e. The zero-order valence-corrected chi connectivity index (χ0v) is 8.81. The van der Waals surface area contributed by atoms with Crippen molar-refractivity contribution in [2.75, 3.05) is 5.75 Å². The van der Waals surface area contributed by atoms with E-state index in [1.807, 2.05) is 0 Å². The fourth-order valence-corrected chi connectivity index (χ4v) is 1.62. The van der Waals surface area contributed by atoms with Crippen LogP contribution in [0.1, 0.15) is 17.3 Å². The Bertz CT molecular complexity index is 404. The summed E-state index contributed by atoms with van der Waals surface area (Å²) in [6, 6.07) is 4.02. The second-order valence-electron chi connectivity index (χ2n) is 2.88. The number of hydrogen-bond acceptors (Lipinski definition) is 3. The molecule has 0 aliphatic heterocycles. The molecule has 15 heavy (non-hydrogen) atoms. The number of rotatable bonds is 4. The molecule has 80 valence electrons. The van der Waals surface area contributed by atoms with Gasteiger partial charge in [-0.3, -0.25) is 9.59 Å². The number of ketones is 1. The van der Waals surface area contributed by atoms with Crippen LogP contribution in [0.5, 0.6) is 0 Å². The van der Waals surface area contributed by atoms with E-state index in [-0.39, 0.29) is 22.0 Å². The fraction of sp³-hybridized carbons (Fsp3) is 0.200. The first kappa shape index (κ1) is 11.7. The molecule has 0 spiro atoms. The number of hydrogen-bond donors (Lipinski definition) is 1. The average Bonchev–Trinajstić information content (AvgIpc) is 2.15. The van der Waals surface area contributed by atoms with Gasteiger partial charge in [0.15, 0.2) is 5.78 Å². The van der Waals surface area contributed by atoms with Crippen LogP contribution >= 0.6 is 11.8 Å². The molecular formula is C10H9FO3S. The second-order valence-corrected chi connectivity index (χ2v) is 3.90. The number of halogens is 1. The van der Waals surface area contributed by atoms with Crippen LogP contribution in [0.2, 0.25) is 0 Å². The molecule has 0 aliphatic rings. The number of carbonyl (C=O) groups excluding carboxylic acids is 1. The Balaban J connectivity index is 2.83. The summed E-state index contributed by atoms with van der Waals surface area (Å²) in [5.74, 6) is -1.98. The lowest BCUT2D eigenvalue weighted by Gasteiger charge is -2.02. The Labute approximate surface area is 90.3 Å². The number of Topliss-reactive ketones (excluding diaryl/α,β-unsaturated/α-hetero) is 1. The molecule has 0 bridgehead atoms. The highest BCUT2D eigenvalue weighted by Gasteiger charge is 2.08. The molecule has 1 aromatic carbocycles. The summed E-state index contributed by atoms with van der Waals surface area (Å²) in [6.45, 7) is 1.35. The van der Waals surface area contributed by atoms with E-state index in [9.17, 15) is 14.0 Å². The number of carboxylic acids is 1. The third kappa shape index (κ3) is 3.36. The number of benzene rings is 1. The summed E-state index contributed by atoms with van der Waals surface area (Å²) in [7, 11) is 0. The highest BCUT2D eigenvalue weighted by molar-refractivity contribution is 8.00. The van der Waals surface area contributed by atoms with Gasteiger partial charge in [-0.05, 0) is 19.1 Å². The van der Waals surface area contributed by atoms with E-state index in [1.54, 1.807) is 0 Å². The van der Waals surface area contributed by atoms with Gasteiger partial charge in [0.25, 0.3) is 0 Å². The van der Waals surface area contributed by atoms with Crippen LogP contribution in [0.3, 0.4) is 0 Å². The minimum atomic E-state index is -1.00. The predicted molar refractivity (Wildman–Crippen MR) is 54.8 cm³/mol. The first-order chi connectivity index (χ1) is 7.00. The molecule has 0 atom stereocenters. The van der Waals surface area contributed by atoms with Crippen molar-refractivity contribution in [2.45, 2.75) is 11.8 Å². The van der Waals surface area contributed by atoms with Gasteiger partial charge in [-0.1, -0.05) is 6.07 Å². The van der Waals surface area contributed by atoms with Crippen molar-refractivity contribution in [1.82, 2.24) is 0 Å². The quantitative estimate of drug-likeness (QED) is 0.634. The molecule has 0 fully saturated rings. The topological polar surface area (TPSA) is 54.4 Å². The van der Waals surface area contributed by atoms with Crippen LogP contribution in [0, 0.1) is 5.82 Å². The first-order valence-corrected chi connectivity index (χ1v) is 5.14. The minimum absolute atomic E-state index is 0.198. The predicted octanol–water partition coefficient (Wildman–Crippen LogP) is 2.21. The van der Waals surface area contributed by atoms with E-state index in [1.165, 1.54) is 19.1 Å². The normalized spacial score (nSPS) is 10.0. The zero-order valence-electron chi connectivity index (χ0n) is 7.99. The van der Waals surface area contributed by atoms with Crippen LogP contribution in [0.15, 0.2) is 23.1 Å². The van der Waals surface area contributed by atoms with Crippen molar-refractivity contribution >= 4 is 23.5 Å². The summed E-state index contributed by atoms with van der Waals surface area (Å²) in [5, 5.41) is 8.41. The second kappa shape index (κ2) is 4.93. The number of carboxylic acid groups (broad SMARTS) is 1. The Morgan fingerprint density at radius 2 is 2.13 bits per heavy atom. The molecule has 5 heteroatoms. The summed E-state index contributed by atoms with van der Waals surface area (Å²) in [4.78, 5) is 21.4. The third-order valence-corrected chi connectivity index (χ3v) is 2.72. The van der Waals surface area contributed by atoms with E-state index in [0.29, 0.717) is 0 Å². The molecule has 0 amide bonds. The van der Waals surface area contributed by atoms with Crippen molar-refractivity contribution in [1.29, 1.82) is 0 Å². The molecule has 0 radical (unpaired) electrons. The van der Waals surface area contributed by atoms with Crippen LogP contribution in [0.25, 0.3) is 0 Å². The molecule has 1 rings (SSSR count). The summed E-state index contributed by atoms with van der Waals surface area (Å²) in [5.41, 5.74) is 0.284. The largest absolute Gasteiger partial charge is 0.481 e. The van der Waals surface area contributed by atoms with Crippen LogP contribution in [0.4, 0.5) is 4.39 Å². The van der Waals surface area contributed by atoms with Crippen molar-refractivity contribution < 1.29 is 19.1 Å². The van der Waals surface area contributed by atoms with Crippen LogP contribution in [-0.4, -0.2) is 22.6 Å². The van der Waals surface area contributed by atoms with Crippen molar-refractivity contribution in [3.63, 3.8) is 0 Å². The van der Waals surface area contributed by atoms with Gasteiger partial charge in [-0.25, -0.2) is 4.39 Å². The number of aliphatic carboxylic acids is 1. The SMILES string of the molecule is CC(=O)c1ccc(SCC(=O)O)c(F)c1. The van der Waals surface area contributed by atoms with E-state index >= 15 is 0 Å². The van der Waals surface area contributed by atoms with Gasteiger partial charge in [0.05, 0.1) is 5.75 Å². The Kier molecular flexibility index (Phi) is 3.85. The minimum Gasteiger partial charge on any atom is -0.481 e. The summed E-state index contributed by atoms with van der Waals surface area (Å²) >= 11 is 0.890. The standard InChI is InChI=1S/C10H9FO3S/c1-6(12)7-2-3-9(8(11)4-7)15-5-10(13)14/h2-4H,5H2,1H3,(H,13,14). The van der Waals surface area contributed by atoms with Crippen molar-refractivity contribution in [2.24, 2.45) is 0 Å². The van der Waals surface area contributed by atoms with Gasteiger partial charge in [0.2, 0.25) is 0 Å². The maximum absolute atomic E-state index is 13.3. The third-order valence-electron chi connectivity index (χ3n) is 1.69. The molecular weight excluding hydrogens is 219 g/mol. The number of thioether (sulfide) groups is 1. The average molecular weight is 228 g/mol. The van der Waals surface area contributed by atoms with Gasteiger partial charge in [-0.2, -0.15) is 0 Å². The molecule has 0 heterocycles. The van der Waals surface area contributed by atoms with E-state index in [0.717, 1.165) is 17.8 Å². The molecule has 0 aromatic heterocycles. The number of carbonyl (C=O) groups is 2. The molecule has 1 N–H and O–H groups in total. The lowest BCUT2D eigenvalue weighted by Crippen LogP contribution is -1.99. The fourth-order valence-electron chi connectivity index (χ4n) is 0.976. The van der Waals surface area contributed by atoms with Crippen molar-refractivity contribution in [3.8, 4) is 0 Å². The molecule has 0 saturated carbocycles. The summed E-state index contributed by atoms with van der Waals surface area (Å²) < 4.78 is 13.3. The molecule has 0 aliphatic carbocycles. The van der Waals surface area contributed by atoms with E-state index < -0.39 is 11.8 Å². The Morgan fingerprint density at radius 3 is 2.60 bits per heavy atom. The monoisotopic (exact) mass is 228 g/mol. The van der Waals surface area contributed by atoms with Crippen LogP contribution < -0.4 is 0 Å². The van der Waals surface area contributed by atoms with Gasteiger partial charge < -0.3 is 5.11 Å². The zero-order chi connectivity index (χ0) is 11.4. The highest BCUT2D eigenvalue weighted by Crippen LogP contribution is 2.22. The highest BCUT2D eigenvalue weighted by atomic mass is 32.2. The first-order valence-electron chi connectivity index (χ1n) is 4.16. The maximum atomic E-state index is 13.3. The van der Waals surface area contributed by atoms with Gasteiger partial charge >= 0.3 is 5.97 Å². The molecule has 3 nitrogen and oxygen atoms in total. The molecule has 0 saturated heterocycles. The van der Waals surface area contributed by atoms with E-state index in [4.69, 9.17) is 5.11 Å². The Morgan fingerprint density at radius 1 is 1.47 bits per heavy atom. The van der Waals surface area contributed by atoms with Gasteiger partial charge in [0, 0.05) is 10.5 Å². The summed E-state index contributed by atoms with van der Waals surface area (Å²) in [6.07, 6.45) is 0. The molecule has 1 aromatic rings. The molecule has 0 unspecified atom stereocenters. The van der Waals surface area contributed by atoms with Crippen LogP contribution in [-0.2, 0) is 4.79 Å². The Hall–Kier alpha value is -1.36. The lowest BCUT2D eigenvalue weighted by atomic mass is 10.1. The van der Waals surface area contributed by atoms with Gasteiger partial charge in [0.1, 0.15) is 5.82 Å². The van der Waals surface area contributed by atoms with Crippen molar-refractivity contribution in [3.05, 3.63) is 29.6 Å².